The molecular weight excluding hydrogens is 1140 g/mol. The SMILES string of the molecule is CC(C)(C)P(Cc1ccc2ccc3cccnc3c2n1)C(C)(C)C.CC(C)(C)P(Cc1ccc2ccc3cccnc3c2n1)C(C)(C)C.O=[C-][ClH+].PPPPPP.[CH-]=O.[Cl][RuH].[Ru]. The number of fused-ring (bicyclic) bond motifs is 6. The van der Waals surface area contributed by atoms with E-state index in [1.165, 1.54) is 38.1 Å². The molecule has 344 valence electrons. The van der Waals surface area contributed by atoms with Gasteiger partial charge in [-0.1, -0.05) is 179 Å². The van der Waals surface area contributed by atoms with Gasteiger partial charge in [-0.2, -0.15) is 0 Å². The van der Waals surface area contributed by atoms with Crippen LogP contribution in [-0.4, -0.2) is 53.1 Å². The summed E-state index contributed by atoms with van der Waals surface area (Å²) in [6.07, 6.45) is 5.82. The van der Waals surface area contributed by atoms with Crippen molar-refractivity contribution >= 4 is 131 Å². The zero-order chi connectivity index (χ0) is 46.6. The first kappa shape index (κ1) is 62.7. The Labute approximate surface area is 418 Å². The van der Waals surface area contributed by atoms with Crippen molar-refractivity contribution in [1.29, 1.82) is 0 Å². The maximum atomic E-state index is 8.50. The average Bonchev–Trinajstić information content (AvgIpc) is 3.21. The number of halogens is 2. The summed E-state index contributed by atoms with van der Waals surface area (Å²) in [5, 5.41) is 5.87. The number of carbonyl (C=O) groups excluding carboxylic acids is 2. The van der Waals surface area contributed by atoms with Gasteiger partial charge in [-0.25, -0.2) is 0 Å². The molecule has 4 aromatic heterocycles. The minimum Gasteiger partial charge on any atom is 0 e. The van der Waals surface area contributed by atoms with E-state index in [4.69, 9.17) is 19.6 Å². The first-order chi connectivity index (χ1) is 28.6. The minimum absolute atomic E-state index is 0. The molecule has 6 atom stereocenters. The molecule has 2 aromatic carbocycles. The minimum atomic E-state index is -0.201. The number of aromatic nitrogens is 4. The average molecular weight is 1200 g/mol. The van der Waals surface area contributed by atoms with Crippen molar-refractivity contribution in [2.45, 2.75) is 116 Å². The van der Waals surface area contributed by atoms with Crippen molar-refractivity contribution in [3.05, 3.63) is 96.6 Å². The summed E-state index contributed by atoms with van der Waals surface area (Å²) in [7, 11) is 14.4. The molecule has 0 saturated heterocycles. The largest absolute Gasteiger partial charge is 0 e. The summed E-state index contributed by atoms with van der Waals surface area (Å²) in [6.45, 7) is 31.6. The van der Waals surface area contributed by atoms with Gasteiger partial charge in [0.25, 0.3) is 0 Å². The van der Waals surface area contributed by atoms with E-state index in [2.05, 4.69) is 200 Å². The molecule has 0 radical (unpaired) electrons. The molecule has 0 amide bonds. The van der Waals surface area contributed by atoms with Crippen LogP contribution in [0.15, 0.2) is 85.2 Å². The Hall–Kier alpha value is 0.687. The molecule has 0 aliphatic rings. The maximum Gasteiger partial charge on any atom is 0 e. The van der Waals surface area contributed by atoms with Crippen LogP contribution in [-0.2, 0) is 58.7 Å². The van der Waals surface area contributed by atoms with Crippen LogP contribution in [0.1, 0.15) is 94.5 Å². The van der Waals surface area contributed by atoms with Crippen molar-refractivity contribution in [3.63, 3.8) is 0 Å². The topological polar surface area (TPSA) is 85.7 Å². The molecule has 0 fully saturated rings. The van der Waals surface area contributed by atoms with Gasteiger partial charge in [0.2, 0.25) is 0 Å². The Balaban J connectivity index is 0.000000930. The van der Waals surface area contributed by atoms with Crippen molar-refractivity contribution in [1.82, 2.24) is 19.9 Å². The van der Waals surface area contributed by atoms with Crippen LogP contribution in [0.5, 0.6) is 0 Å². The monoisotopic (exact) mass is 1200 g/mol. The van der Waals surface area contributed by atoms with Gasteiger partial charge in [0, 0.05) is 77.1 Å². The summed E-state index contributed by atoms with van der Waals surface area (Å²) in [5.41, 5.74) is 6.46. The van der Waals surface area contributed by atoms with E-state index >= 15 is 0 Å². The number of hydrogen-bond donors (Lipinski definition) is 0. The van der Waals surface area contributed by atoms with Crippen molar-refractivity contribution < 1.29 is 58.0 Å². The zero-order valence-corrected chi connectivity index (χ0v) is 51.0. The molecule has 62 heavy (non-hydrogen) atoms. The van der Waals surface area contributed by atoms with Crippen LogP contribution >= 0.6 is 75.2 Å². The molecule has 6 unspecified atom stereocenters. The van der Waals surface area contributed by atoms with Crippen LogP contribution < -0.4 is 0 Å². The first-order valence-electron chi connectivity index (χ1n) is 19.3. The van der Waals surface area contributed by atoms with E-state index in [0.717, 1.165) is 66.8 Å². The fourth-order valence-electron chi connectivity index (χ4n) is 7.06. The Morgan fingerprint density at radius 3 is 1.10 bits per heavy atom. The smallest absolute Gasteiger partial charge is 0 e. The second-order valence-corrected chi connectivity index (χ2v) is 39.4. The summed E-state index contributed by atoms with van der Waals surface area (Å²) in [5.74, 6) is 1.08. The summed E-state index contributed by atoms with van der Waals surface area (Å²) >= 11 is 5.21. The van der Waals surface area contributed by atoms with E-state index in [0.29, 0.717) is 20.6 Å². The van der Waals surface area contributed by atoms with Crippen LogP contribution in [0.4, 0.5) is 0 Å². The molecule has 0 bridgehead atoms. The molecule has 0 aliphatic heterocycles. The normalized spacial score (nSPS) is 12.2. The molecule has 6 aromatic rings. The van der Waals surface area contributed by atoms with Crippen molar-refractivity contribution in [2.75, 3.05) is 0 Å². The molecule has 4 heterocycles. The molecule has 0 N–H and O–H groups in total. The van der Waals surface area contributed by atoms with E-state index < -0.39 is 0 Å². The van der Waals surface area contributed by atoms with Crippen LogP contribution in [0, 0.1) is 11.6 Å². The predicted octanol–water partition coefficient (Wildman–Crippen LogP) is 15.2. The second-order valence-electron chi connectivity index (χ2n) is 17.5. The number of pyridine rings is 4. The summed E-state index contributed by atoms with van der Waals surface area (Å²) < 4.78 is 0. The van der Waals surface area contributed by atoms with Gasteiger partial charge in [0.05, 0.1) is 27.8 Å². The quantitative estimate of drug-likeness (QED) is 0.0301. The third kappa shape index (κ3) is 20.9. The first-order valence-corrected chi connectivity index (χ1v) is 35.7. The fourth-order valence-corrected chi connectivity index (χ4v) is 31.4. The van der Waals surface area contributed by atoms with Gasteiger partial charge in [0.1, 0.15) is 0 Å². The number of benzene rings is 2. The van der Waals surface area contributed by atoms with Crippen LogP contribution in [0.2, 0.25) is 0 Å². The predicted molar refractivity (Wildman–Crippen MR) is 288 cm³/mol. The van der Waals surface area contributed by atoms with E-state index in [1.54, 1.807) is 17.3 Å². The van der Waals surface area contributed by atoms with Crippen molar-refractivity contribution in [2.24, 2.45) is 0 Å². The molecule has 18 heteroatoms. The molecule has 0 saturated carbocycles. The molecule has 6 rings (SSSR count). The fraction of sp³-hybridized carbons (Fsp3) is 0.409. The van der Waals surface area contributed by atoms with Crippen molar-refractivity contribution in [3.8, 4) is 0 Å². The molecule has 6 nitrogen and oxygen atoms in total. The Kier molecular flexibility index (Phi) is 31.3. The van der Waals surface area contributed by atoms with Gasteiger partial charge in [-0.05, 0) is 56.5 Å². The standard InChI is InChI=1S/2C21H27N2P.CHClO.CHO.ClH.H8P6.2Ru.H/c2*1-20(2,3)24(21(4,5)6)14-17-12-11-16-10-9-15-8-7-13-22-18(15)19(16)23-17;2-1-3;1-2;;1-3-5-6-4-2;;;/h2*7-13H,14H2,1-6H3;2H;1H;1H;3-6H,1-2H2;;;/q;;;-1;;;;+1;/p-1. The number of nitrogens with zero attached hydrogens (tertiary/aromatic N) is 4. The third-order valence-corrected chi connectivity index (χ3v) is 33.4. The summed E-state index contributed by atoms with van der Waals surface area (Å²) in [4.78, 5) is 35.4. The maximum absolute atomic E-state index is 8.50. The Morgan fingerprint density at radius 1 is 0.581 bits per heavy atom. The van der Waals surface area contributed by atoms with Gasteiger partial charge >= 0.3 is 27.0 Å². The zero-order valence-electron chi connectivity index (χ0n) is 37.7. The second kappa shape index (κ2) is 30.9. The van der Waals surface area contributed by atoms with Crippen LogP contribution in [0.25, 0.3) is 43.6 Å². The molecule has 0 aliphatic carbocycles. The van der Waals surface area contributed by atoms with E-state index in [1.807, 2.05) is 24.5 Å². The molecule has 0 spiro atoms. The van der Waals surface area contributed by atoms with Crippen LogP contribution in [0.3, 0.4) is 0 Å². The third-order valence-electron chi connectivity index (χ3n) is 9.07. The molecular formula is C44H65Cl2N4O2P8Ru2-. The summed E-state index contributed by atoms with van der Waals surface area (Å²) in [6, 6.07) is 25.5. The van der Waals surface area contributed by atoms with E-state index in [-0.39, 0.29) is 35.3 Å². The Bertz CT molecular complexity index is 2060. The van der Waals surface area contributed by atoms with Gasteiger partial charge < -0.3 is 9.59 Å². The van der Waals surface area contributed by atoms with Gasteiger partial charge in [-0.15, -0.1) is 17.9 Å². The van der Waals surface area contributed by atoms with Gasteiger partial charge in [-0.3, -0.25) is 26.7 Å². The van der Waals surface area contributed by atoms with E-state index in [9.17, 15) is 0 Å². The van der Waals surface area contributed by atoms with Gasteiger partial charge in [0.15, 0.2) is 0 Å². The number of hydrogen-bond acceptors (Lipinski definition) is 6. The Morgan fingerprint density at radius 2 is 0.839 bits per heavy atom. The number of rotatable bonds is 7.